The molecule has 1 atom stereocenters. The van der Waals surface area contributed by atoms with Crippen molar-refractivity contribution in [3.8, 4) is 0 Å². The van der Waals surface area contributed by atoms with Gasteiger partial charge in [0.15, 0.2) is 0 Å². The van der Waals surface area contributed by atoms with Crippen molar-refractivity contribution in [3.63, 3.8) is 0 Å². The van der Waals surface area contributed by atoms with Crippen LogP contribution in [-0.4, -0.2) is 17.2 Å². The number of primary amides is 1. The van der Waals surface area contributed by atoms with Gasteiger partial charge in [0.1, 0.15) is 11.3 Å². The summed E-state index contributed by atoms with van der Waals surface area (Å²) in [6, 6.07) is 1.84. The van der Waals surface area contributed by atoms with Crippen molar-refractivity contribution in [1.82, 2.24) is 0 Å². The molecule has 1 unspecified atom stereocenters. The summed E-state index contributed by atoms with van der Waals surface area (Å²) in [5.74, 6) is 0.782. The molecule has 78 valence electrons. The number of thioether (sulfide) groups is 1. The molecule has 0 aliphatic heterocycles. The van der Waals surface area contributed by atoms with Crippen LogP contribution in [0.1, 0.15) is 12.7 Å². The Morgan fingerprint density at radius 1 is 1.71 bits per heavy atom. The predicted molar refractivity (Wildman–Crippen MR) is 56.0 cm³/mol. The van der Waals surface area contributed by atoms with E-state index in [0.717, 1.165) is 10.7 Å². The molecule has 0 saturated heterocycles. The average molecular weight is 214 g/mol. The smallest absolute Gasteiger partial charge is 0.238 e. The predicted octanol–water partition coefficient (Wildman–Crippen LogP) is 0.883. The second-order valence-corrected chi connectivity index (χ2v) is 4.43. The summed E-state index contributed by atoms with van der Waals surface area (Å²) in [5.41, 5.74) is 9.87. The highest BCUT2D eigenvalue weighted by Crippen LogP contribution is 2.25. The van der Waals surface area contributed by atoms with Crippen LogP contribution in [0.25, 0.3) is 0 Å². The van der Waals surface area contributed by atoms with Gasteiger partial charge < -0.3 is 15.9 Å². The van der Waals surface area contributed by atoms with Crippen molar-refractivity contribution in [2.24, 2.45) is 11.5 Å². The number of furan rings is 1. The lowest BCUT2D eigenvalue weighted by molar-refractivity contribution is -0.121. The first-order valence-electron chi connectivity index (χ1n) is 4.19. The molecule has 0 aliphatic rings. The van der Waals surface area contributed by atoms with E-state index in [4.69, 9.17) is 15.9 Å². The van der Waals surface area contributed by atoms with Crippen molar-refractivity contribution < 1.29 is 9.21 Å². The third-order valence-corrected chi connectivity index (χ3v) is 3.38. The Hall–Kier alpha value is -0.940. The summed E-state index contributed by atoms with van der Waals surface area (Å²) in [6.45, 7) is 3.48. The number of carbonyl (C=O) groups excluding carboxylic acids is 1. The zero-order valence-corrected chi connectivity index (χ0v) is 9.06. The van der Waals surface area contributed by atoms with E-state index in [9.17, 15) is 4.79 Å². The molecule has 4 nitrogen and oxygen atoms in total. The van der Waals surface area contributed by atoms with Crippen molar-refractivity contribution in [3.05, 3.63) is 18.1 Å². The standard InChI is InChI=1S/C9H14N2O2S/c1-6-7(3-4-13-6)14-5-9(2,11)8(10)12/h3-4H,5,11H2,1-2H3,(H2,10,12). The minimum Gasteiger partial charge on any atom is -0.468 e. The molecule has 0 aliphatic carbocycles. The maximum Gasteiger partial charge on any atom is 0.238 e. The third-order valence-electron chi connectivity index (χ3n) is 1.90. The van der Waals surface area contributed by atoms with E-state index in [1.807, 2.05) is 13.0 Å². The summed E-state index contributed by atoms with van der Waals surface area (Å²) in [6.07, 6.45) is 1.61. The van der Waals surface area contributed by atoms with Crippen LogP contribution in [0.4, 0.5) is 0 Å². The van der Waals surface area contributed by atoms with Gasteiger partial charge in [-0.15, -0.1) is 11.8 Å². The van der Waals surface area contributed by atoms with Gasteiger partial charge in [-0.25, -0.2) is 0 Å². The molecule has 0 aromatic carbocycles. The largest absolute Gasteiger partial charge is 0.468 e. The Bertz CT molecular complexity index is 333. The molecule has 1 aromatic rings. The van der Waals surface area contributed by atoms with E-state index < -0.39 is 11.4 Å². The molecule has 0 radical (unpaired) electrons. The number of rotatable bonds is 4. The van der Waals surface area contributed by atoms with E-state index in [1.54, 1.807) is 13.2 Å². The molecular weight excluding hydrogens is 200 g/mol. The molecule has 1 rings (SSSR count). The fourth-order valence-corrected chi connectivity index (χ4v) is 1.82. The Kier molecular flexibility index (Phi) is 3.23. The Balaban J connectivity index is 2.57. The maximum absolute atomic E-state index is 10.9. The molecule has 0 spiro atoms. The van der Waals surface area contributed by atoms with Gasteiger partial charge in [0, 0.05) is 10.6 Å². The third kappa shape index (κ3) is 2.52. The fourth-order valence-electron chi connectivity index (χ4n) is 0.822. The molecule has 14 heavy (non-hydrogen) atoms. The van der Waals surface area contributed by atoms with Gasteiger partial charge in [-0.05, 0) is 19.9 Å². The zero-order chi connectivity index (χ0) is 10.8. The van der Waals surface area contributed by atoms with Gasteiger partial charge in [0.25, 0.3) is 0 Å². The first kappa shape index (κ1) is 11.1. The van der Waals surface area contributed by atoms with Crippen molar-refractivity contribution in [2.45, 2.75) is 24.3 Å². The molecule has 1 aromatic heterocycles. The first-order chi connectivity index (χ1) is 6.43. The van der Waals surface area contributed by atoms with E-state index in [1.165, 1.54) is 11.8 Å². The second kappa shape index (κ2) is 4.06. The van der Waals surface area contributed by atoms with Crippen LogP contribution in [0.2, 0.25) is 0 Å². The van der Waals surface area contributed by atoms with Crippen molar-refractivity contribution in [2.75, 3.05) is 5.75 Å². The van der Waals surface area contributed by atoms with Crippen LogP contribution in [0.5, 0.6) is 0 Å². The highest BCUT2D eigenvalue weighted by molar-refractivity contribution is 7.99. The summed E-state index contributed by atoms with van der Waals surface area (Å²) in [7, 11) is 0. The summed E-state index contributed by atoms with van der Waals surface area (Å²) in [4.78, 5) is 11.9. The maximum atomic E-state index is 10.9. The van der Waals surface area contributed by atoms with E-state index in [2.05, 4.69) is 0 Å². The summed E-state index contributed by atoms with van der Waals surface area (Å²) < 4.78 is 5.11. The minimum atomic E-state index is -0.978. The van der Waals surface area contributed by atoms with Gasteiger partial charge in [0.05, 0.1) is 6.26 Å². The number of carbonyl (C=O) groups is 1. The second-order valence-electron chi connectivity index (χ2n) is 3.41. The lowest BCUT2D eigenvalue weighted by Gasteiger charge is -2.19. The first-order valence-corrected chi connectivity index (χ1v) is 5.18. The summed E-state index contributed by atoms with van der Waals surface area (Å²) >= 11 is 1.47. The van der Waals surface area contributed by atoms with Crippen LogP contribution in [0, 0.1) is 6.92 Å². The van der Waals surface area contributed by atoms with Gasteiger partial charge in [0.2, 0.25) is 5.91 Å². The molecular formula is C9H14N2O2S. The van der Waals surface area contributed by atoms with Crippen molar-refractivity contribution >= 4 is 17.7 Å². The molecule has 4 N–H and O–H groups in total. The molecule has 0 saturated carbocycles. The van der Waals surface area contributed by atoms with E-state index in [0.29, 0.717) is 5.75 Å². The Morgan fingerprint density at radius 3 is 2.79 bits per heavy atom. The van der Waals surface area contributed by atoms with Crippen LogP contribution in [0.15, 0.2) is 21.6 Å². The van der Waals surface area contributed by atoms with Crippen LogP contribution in [-0.2, 0) is 4.79 Å². The molecule has 5 heteroatoms. The Morgan fingerprint density at radius 2 is 2.36 bits per heavy atom. The highest BCUT2D eigenvalue weighted by Gasteiger charge is 2.26. The highest BCUT2D eigenvalue weighted by atomic mass is 32.2. The molecule has 0 fully saturated rings. The fraction of sp³-hybridized carbons (Fsp3) is 0.444. The quantitative estimate of drug-likeness (QED) is 0.729. The Labute approximate surface area is 87.0 Å². The van der Waals surface area contributed by atoms with E-state index >= 15 is 0 Å². The van der Waals surface area contributed by atoms with Crippen molar-refractivity contribution in [1.29, 1.82) is 0 Å². The van der Waals surface area contributed by atoms with Gasteiger partial charge >= 0.3 is 0 Å². The molecule has 0 bridgehead atoms. The van der Waals surface area contributed by atoms with Gasteiger partial charge in [-0.3, -0.25) is 4.79 Å². The van der Waals surface area contributed by atoms with Crippen LogP contribution in [0.3, 0.4) is 0 Å². The SMILES string of the molecule is Cc1occc1SCC(C)(N)C(N)=O. The van der Waals surface area contributed by atoms with Crippen LogP contribution < -0.4 is 11.5 Å². The van der Waals surface area contributed by atoms with Gasteiger partial charge in [-0.1, -0.05) is 0 Å². The average Bonchev–Trinajstić information content (AvgIpc) is 2.47. The summed E-state index contributed by atoms with van der Waals surface area (Å²) in [5, 5.41) is 0. The number of aryl methyl sites for hydroxylation is 1. The number of nitrogens with two attached hydrogens (primary N) is 2. The zero-order valence-electron chi connectivity index (χ0n) is 8.24. The van der Waals surface area contributed by atoms with E-state index in [-0.39, 0.29) is 0 Å². The lowest BCUT2D eigenvalue weighted by atomic mass is 10.1. The molecule has 1 amide bonds. The normalized spacial score (nSPS) is 15.1. The number of amides is 1. The monoisotopic (exact) mass is 214 g/mol. The number of hydrogen-bond donors (Lipinski definition) is 2. The molecule has 1 heterocycles. The lowest BCUT2D eigenvalue weighted by Crippen LogP contribution is -2.51. The topological polar surface area (TPSA) is 82.2 Å². The minimum absolute atomic E-state index is 0.447. The van der Waals surface area contributed by atoms with Crippen LogP contribution >= 0.6 is 11.8 Å². The number of hydrogen-bond acceptors (Lipinski definition) is 4. The van der Waals surface area contributed by atoms with Gasteiger partial charge in [-0.2, -0.15) is 0 Å².